The van der Waals surface area contributed by atoms with Crippen molar-refractivity contribution in [3.05, 3.63) is 94.3 Å². The number of amides is 1. The molecule has 0 aliphatic carbocycles. The van der Waals surface area contributed by atoms with E-state index < -0.39 is 0 Å². The van der Waals surface area contributed by atoms with Gasteiger partial charge in [0.2, 0.25) is 0 Å². The Hall–Kier alpha value is -2.56. The maximum absolute atomic E-state index is 13.4. The number of methoxy groups -OCH3 is 1. The maximum atomic E-state index is 13.4. The lowest BCUT2D eigenvalue weighted by molar-refractivity contribution is 0.0720. The lowest BCUT2D eigenvalue weighted by atomic mass is 10.0. The molecule has 0 saturated heterocycles. The smallest absolute Gasteiger partial charge is 0.254 e. The van der Waals surface area contributed by atoms with Crippen LogP contribution in [0.4, 0.5) is 0 Å². The fourth-order valence-electron chi connectivity index (χ4n) is 4.00. The van der Waals surface area contributed by atoms with E-state index >= 15 is 0 Å². The minimum absolute atomic E-state index is 0.0571. The van der Waals surface area contributed by atoms with Gasteiger partial charge in [0.25, 0.3) is 5.91 Å². The number of hydrogen-bond acceptors (Lipinski definition) is 2. The highest BCUT2D eigenvalue weighted by atomic mass is 35.5. The van der Waals surface area contributed by atoms with Gasteiger partial charge in [0, 0.05) is 49.3 Å². The van der Waals surface area contributed by atoms with E-state index in [1.54, 1.807) is 7.11 Å². The predicted molar refractivity (Wildman–Crippen MR) is 136 cm³/mol. The molecule has 0 saturated carbocycles. The molecule has 1 amide bonds. The van der Waals surface area contributed by atoms with Crippen molar-refractivity contribution in [2.45, 2.75) is 52.1 Å². The molecular weight excluding hydrogens is 432 g/mol. The summed E-state index contributed by atoms with van der Waals surface area (Å²) < 4.78 is 7.41. The molecule has 0 radical (unpaired) electrons. The first-order valence-corrected chi connectivity index (χ1v) is 12.2. The highest BCUT2D eigenvalue weighted by molar-refractivity contribution is 6.30. The number of ether oxygens (including phenoxy) is 1. The van der Waals surface area contributed by atoms with Crippen molar-refractivity contribution in [1.82, 2.24) is 9.47 Å². The molecule has 0 atom stereocenters. The lowest BCUT2D eigenvalue weighted by Crippen LogP contribution is -2.33. The first kappa shape index (κ1) is 25.1. The first-order valence-electron chi connectivity index (χ1n) is 11.9. The van der Waals surface area contributed by atoms with Gasteiger partial charge >= 0.3 is 0 Å². The van der Waals surface area contributed by atoms with E-state index in [2.05, 4.69) is 42.0 Å². The number of carbonyl (C=O) groups excluding carboxylic acids is 1. The molecule has 2 aromatic carbocycles. The number of benzene rings is 2. The number of carbonyl (C=O) groups is 1. The van der Waals surface area contributed by atoms with Crippen LogP contribution < -0.4 is 0 Å². The van der Waals surface area contributed by atoms with Gasteiger partial charge in [-0.1, -0.05) is 55.6 Å². The number of aromatic nitrogens is 1. The summed E-state index contributed by atoms with van der Waals surface area (Å²) in [5.41, 5.74) is 4.26. The van der Waals surface area contributed by atoms with Crippen LogP contribution in [0.2, 0.25) is 5.02 Å². The Bertz CT molecular complexity index is 997. The van der Waals surface area contributed by atoms with Crippen molar-refractivity contribution in [3.8, 4) is 0 Å². The Morgan fingerprint density at radius 3 is 2.55 bits per heavy atom. The average molecular weight is 467 g/mol. The standard InChI is InChI=1S/C28H35ClN2O2/c1-3-4-5-9-23-13-15-25(16-14-23)28(32)31(18-8-19-33-2)22-27-12-7-17-30(27)21-24-10-6-11-26(29)20-24/h6-7,10-17,20H,3-5,8-9,18-19,21-22H2,1-2H3. The summed E-state index contributed by atoms with van der Waals surface area (Å²) in [6, 6.07) is 20.1. The highest BCUT2D eigenvalue weighted by Gasteiger charge is 2.18. The van der Waals surface area contributed by atoms with E-state index in [9.17, 15) is 4.79 Å². The molecule has 0 fully saturated rings. The molecule has 0 bridgehead atoms. The lowest BCUT2D eigenvalue weighted by Gasteiger charge is -2.24. The Morgan fingerprint density at radius 1 is 1.00 bits per heavy atom. The summed E-state index contributed by atoms with van der Waals surface area (Å²) in [5.74, 6) is 0.0571. The number of rotatable bonds is 13. The second-order valence-corrected chi connectivity index (χ2v) is 8.92. The van der Waals surface area contributed by atoms with Crippen LogP contribution >= 0.6 is 11.6 Å². The highest BCUT2D eigenvalue weighted by Crippen LogP contribution is 2.17. The summed E-state index contributed by atoms with van der Waals surface area (Å²) in [6.07, 6.45) is 7.56. The Labute approximate surface area is 203 Å². The molecule has 0 N–H and O–H groups in total. The van der Waals surface area contributed by atoms with Crippen molar-refractivity contribution in [2.75, 3.05) is 20.3 Å². The third kappa shape index (κ3) is 7.76. The van der Waals surface area contributed by atoms with Gasteiger partial charge in [0.15, 0.2) is 0 Å². The SMILES string of the molecule is CCCCCc1ccc(C(=O)N(CCCOC)Cc2cccn2Cc2cccc(Cl)c2)cc1. The van der Waals surface area contributed by atoms with Crippen molar-refractivity contribution in [1.29, 1.82) is 0 Å². The van der Waals surface area contributed by atoms with Crippen LogP contribution in [0.3, 0.4) is 0 Å². The van der Waals surface area contributed by atoms with Crippen LogP contribution in [0.1, 0.15) is 59.8 Å². The Balaban J connectivity index is 1.72. The van der Waals surface area contributed by atoms with E-state index in [1.807, 2.05) is 41.3 Å². The summed E-state index contributed by atoms with van der Waals surface area (Å²) in [5, 5.41) is 0.732. The number of hydrogen-bond donors (Lipinski definition) is 0. The zero-order valence-corrected chi connectivity index (χ0v) is 20.6. The van der Waals surface area contributed by atoms with Crippen LogP contribution in [-0.2, 0) is 24.2 Å². The zero-order chi connectivity index (χ0) is 23.5. The summed E-state index contributed by atoms with van der Waals surface area (Å²) in [7, 11) is 1.69. The molecule has 176 valence electrons. The van der Waals surface area contributed by atoms with Gasteiger partial charge < -0.3 is 14.2 Å². The molecule has 0 aliphatic heterocycles. The van der Waals surface area contributed by atoms with Crippen LogP contribution in [-0.4, -0.2) is 35.6 Å². The molecule has 3 rings (SSSR count). The monoisotopic (exact) mass is 466 g/mol. The minimum atomic E-state index is 0.0571. The van der Waals surface area contributed by atoms with Crippen molar-refractivity contribution in [3.63, 3.8) is 0 Å². The molecule has 0 aliphatic rings. The van der Waals surface area contributed by atoms with E-state index in [-0.39, 0.29) is 5.91 Å². The minimum Gasteiger partial charge on any atom is -0.385 e. The second-order valence-electron chi connectivity index (χ2n) is 8.48. The Morgan fingerprint density at radius 2 is 1.82 bits per heavy atom. The van der Waals surface area contributed by atoms with Gasteiger partial charge in [-0.2, -0.15) is 0 Å². The molecular formula is C28H35ClN2O2. The zero-order valence-electron chi connectivity index (χ0n) is 19.8. The van der Waals surface area contributed by atoms with Gasteiger partial charge in [0.05, 0.1) is 6.54 Å². The van der Waals surface area contributed by atoms with Gasteiger partial charge in [0.1, 0.15) is 0 Å². The van der Waals surface area contributed by atoms with E-state index in [4.69, 9.17) is 16.3 Å². The van der Waals surface area contributed by atoms with E-state index in [0.29, 0.717) is 19.7 Å². The van der Waals surface area contributed by atoms with Crippen molar-refractivity contribution >= 4 is 17.5 Å². The van der Waals surface area contributed by atoms with E-state index in [0.717, 1.165) is 41.2 Å². The third-order valence-electron chi connectivity index (χ3n) is 5.85. The molecule has 4 nitrogen and oxygen atoms in total. The molecule has 1 heterocycles. The van der Waals surface area contributed by atoms with Gasteiger partial charge in [-0.25, -0.2) is 0 Å². The van der Waals surface area contributed by atoms with Crippen LogP contribution in [0.15, 0.2) is 66.9 Å². The summed E-state index contributed by atoms with van der Waals surface area (Å²) >= 11 is 6.16. The summed E-state index contributed by atoms with van der Waals surface area (Å²) in [4.78, 5) is 15.3. The molecule has 0 unspecified atom stereocenters. The van der Waals surface area contributed by atoms with Crippen LogP contribution in [0.25, 0.3) is 0 Å². The fraction of sp³-hybridized carbons (Fsp3) is 0.393. The average Bonchev–Trinajstić information content (AvgIpc) is 3.25. The molecule has 3 aromatic rings. The predicted octanol–water partition coefficient (Wildman–Crippen LogP) is 6.60. The Kier molecular flexibility index (Phi) is 10.0. The van der Waals surface area contributed by atoms with E-state index in [1.165, 1.54) is 24.8 Å². The second kappa shape index (κ2) is 13.2. The number of unbranched alkanes of at least 4 members (excludes halogenated alkanes) is 2. The van der Waals surface area contributed by atoms with Gasteiger partial charge in [-0.15, -0.1) is 0 Å². The van der Waals surface area contributed by atoms with Crippen LogP contribution in [0, 0.1) is 0 Å². The van der Waals surface area contributed by atoms with Crippen molar-refractivity contribution in [2.24, 2.45) is 0 Å². The normalized spacial score (nSPS) is 11.0. The summed E-state index contributed by atoms with van der Waals surface area (Å²) in [6.45, 7) is 4.76. The van der Waals surface area contributed by atoms with Gasteiger partial charge in [-0.05, 0) is 66.8 Å². The fourth-order valence-corrected chi connectivity index (χ4v) is 4.22. The molecule has 5 heteroatoms. The largest absolute Gasteiger partial charge is 0.385 e. The number of nitrogens with zero attached hydrogens (tertiary/aromatic N) is 2. The molecule has 1 aromatic heterocycles. The third-order valence-corrected chi connectivity index (χ3v) is 6.09. The topological polar surface area (TPSA) is 34.5 Å². The van der Waals surface area contributed by atoms with Crippen molar-refractivity contribution < 1.29 is 9.53 Å². The number of halogens is 1. The first-order chi connectivity index (χ1) is 16.1. The quantitative estimate of drug-likeness (QED) is 0.266. The number of aryl methyl sites for hydroxylation is 1. The van der Waals surface area contributed by atoms with Gasteiger partial charge in [-0.3, -0.25) is 4.79 Å². The maximum Gasteiger partial charge on any atom is 0.254 e. The molecule has 33 heavy (non-hydrogen) atoms. The van der Waals surface area contributed by atoms with Crippen LogP contribution in [0.5, 0.6) is 0 Å². The molecule has 0 spiro atoms.